The van der Waals surface area contributed by atoms with E-state index in [1.54, 1.807) is 24.4 Å². The number of carboxylic acids is 1. The second-order valence-corrected chi connectivity index (χ2v) is 6.48. The zero-order chi connectivity index (χ0) is 13.3. The second kappa shape index (κ2) is 5.21. The topological polar surface area (TPSA) is 66.4 Å². The van der Waals surface area contributed by atoms with E-state index in [-0.39, 0.29) is 11.5 Å². The second-order valence-electron chi connectivity index (χ2n) is 3.46. The van der Waals surface area contributed by atoms with Gasteiger partial charge in [0, 0.05) is 9.35 Å². The van der Waals surface area contributed by atoms with Crippen molar-refractivity contribution in [3.63, 3.8) is 0 Å². The van der Waals surface area contributed by atoms with Crippen LogP contribution in [0.2, 0.25) is 0 Å². The molecule has 94 valence electrons. The predicted octanol–water partition coefficient (Wildman–Crippen LogP) is 3.83. The number of amides is 1. The van der Waals surface area contributed by atoms with Gasteiger partial charge in [-0.15, -0.1) is 22.7 Å². The van der Waals surface area contributed by atoms with Gasteiger partial charge in [-0.1, -0.05) is 0 Å². The number of anilines is 1. The van der Waals surface area contributed by atoms with Gasteiger partial charge in [-0.3, -0.25) is 4.79 Å². The maximum atomic E-state index is 12.0. The normalized spacial score (nSPS) is 10.3. The molecule has 18 heavy (non-hydrogen) atoms. The third-order valence-corrected chi connectivity index (χ3v) is 4.94. The van der Waals surface area contributed by atoms with Gasteiger partial charge in [-0.2, -0.15) is 0 Å². The van der Waals surface area contributed by atoms with Gasteiger partial charge in [0.2, 0.25) is 0 Å². The lowest BCUT2D eigenvalue weighted by Crippen LogP contribution is -2.12. The van der Waals surface area contributed by atoms with E-state index >= 15 is 0 Å². The van der Waals surface area contributed by atoms with E-state index in [2.05, 4.69) is 21.2 Å². The summed E-state index contributed by atoms with van der Waals surface area (Å²) in [5.74, 6) is -1.35. The Morgan fingerprint density at radius 3 is 2.72 bits per heavy atom. The van der Waals surface area contributed by atoms with Gasteiger partial charge in [0.25, 0.3) is 5.91 Å². The fraction of sp³-hybridized carbons (Fsp3) is 0.0909. The Balaban J connectivity index is 2.27. The first-order valence-electron chi connectivity index (χ1n) is 4.87. The van der Waals surface area contributed by atoms with E-state index < -0.39 is 5.97 Å². The van der Waals surface area contributed by atoms with Crippen molar-refractivity contribution < 1.29 is 14.7 Å². The van der Waals surface area contributed by atoms with E-state index in [0.29, 0.717) is 14.4 Å². The third kappa shape index (κ3) is 2.63. The van der Waals surface area contributed by atoms with Crippen LogP contribution in [0.25, 0.3) is 0 Å². The Bertz CT molecular complexity index is 618. The van der Waals surface area contributed by atoms with Crippen molar-refractivity contribution in [3.05, 3.63) is 37.3 Å². The van der Waals surface area contributed by atoms with Gasteiger partial charge in [0.05, 0.1) is 5.56 Å². The highest BCUT2D eigenvalue weighted by Gasteiger charge is 2.18. The zero-order valence-electron chi connectivity index (χ0n) is 9.19. The van der Waals surface area contributed by atoms with Crippen molar-refractivity contribution >= 4 is 55.5 Å². The number of aryl methyl sites for hydroxylation is 1. The van der Waals surface area contributed by atoms with Crippen molar-refractivity contribution in [1.29, 1.82) is 0 Å². The first kappa shape index (κ1) is 13.3. The van der Waals surface area contributed by atoms with Crippen LogP contribution in [0.1, 0.15) is 24.9 Å². The SMILES string of the molecule is Cc1cc(C(=O)O)c(NC(=O)c2sccc2Br)s1. The molecule has 0 radical (unpaired) electrons. The minimum atomic E-state index is -1.04. The minimum absolute atomic E-state index is 0.124. The molecule has 2 aromatic heterocycles. The minimum Gasteiger partial charge on any atom is -0.478 e. The van der Waals surface area contributed by atoms with Crippen LogP contribution in [0.15, 0.2) is 22.0 Å². The first-order valence-corrected chi connectivity index (χ1v) is 7.36. The fourth-order valence-electron chi connectivity index (χ4n) is 1.38. The molecule has 2 heterocycles. The van der Waals surface area contributed by atoms with E-state index in [1.807, 2.05) is 0 Å². The number of rotatable bonds is 3. The molecule has 0 saturated carbocycles. The molecule has 2 N–H and O–H groups in total. The Morgan fingerprint density at radius 1 is 1.44 bits per heavy atom. The lowest BCUT2D eigenvalue weighted by atomic mass is 10.3. The van der Waals surface area contributed by atoms with Crippen molar-refractivity contribution in [2.45, 2.75) is 6.92 Å². The van der Waals surface area contributed by atoms with E-state index in [9.17, 15) is 9.59 Å². The zero-order valence-corrected chi connectivity index (χ0v) is 12.4. The molecule has 0 aliphatic rings. The number of hydrogen-bond donors (Lipinski definition) is 2. The molecule has 0 aliphatic heterocycles. The average Bonchev–Trinajstić information content (AvgIpc) is 2.84. The number of carbonyl (C=O) groups is 2. The van der Waals surface area contributed by atoms with Gasteiger partial charge in [-0.25, -0.2) is 4.79 Å². The molecule has 0 aliphatic carbocycles. The summed E-state index contributed by atoms with van der Waals surface area (Å²) in [6, 6.07) is 3.32. The highest BCUT2D eigenvalue weighted by molar-refractivity contribution is 9.10. The van der Waals surface area contributed by atoms with Crippen molar-refractivity contribution in [1.82, 2.24) is 0 Å². The number of aromatic carboxylic acids is 1. The van der Waals surface area contributed by atoms with Gasteiger partial charge < -0.3 is 10.4 Å². The van der Waals surface area contributed by atoms with E-state index in [4.69, 9.17) is 5.11 Å². The number of carbonyl (C=O) groups excluding carboxylic acids is 1. The molecule has 0 saturated heterocycles. The molecule has 0 bridgehead atoms. The summed E-state index contributed by atoms with van der Waals surface area (Å²) in [6.07, 6.45) is 0. The summed E-state index contributed by atoms with van der Waals surface area (Å²) in [5, 5.41) is 13.8. The van der Waals surface area contributed by atoms with Crippen LogP contribution in [0.3, 0.4) is 0 Å². The standard InChI is InChI=1S/C11H8BrNO3S2/c1-5-4-6(11(15)16)10(18-5)13-9(14)8-7(12)2-3-17-8/h2-4H,1H3,(H,13,14)(H,15,16). The van der Waals surface area contributed by atoms with Crippen LogP contribution in [0.5, 0.6) is 0 Å². The average molecular weight is 346 g/mol. The van der Waals surface area contributed by atoms with Gasteiger partial charge >= 0.3 is 5.97 Å². The molecule has 0 aromatic carbocycles. The maximum absolute atomic E-state index is 12.0. The monoisotopic (exact) mass is 345 g/mol. The van der Waals surface area contributed by atoms with Crippen LogP contribution >= 0.6 is 38.6 Å². The smallest absolute Gasteiger partial charge is 0.338 e. The fourth-order valence-corrected chi connectivity index (χ4v) is 3.73. The number of nitrogens with one attached hydrogen (secondary N) is 1. The maximum Gasteiger partial charge on any atom is 0.338 e. The Morgan fingerprint density at radius 2 is 2.17 bits per heavy atom. The number of thiophene rings is 2. The molecule has 4 nitrogen and oxygen atoms in total. The Labute approximate surface area is 119 Å². The molecule has 2 rings (SSSR count). The number of halogens is 1. The Kier molecular flexibility index (Phi) is 3.84. The van der Waals surface area contributed by atoms with Crippen molar-refractivity contribution in [2.24, 2.45) is 0 Å². The summed E-state index contributed by atoms with van der Waals surface area (Å²) in [7, 11) is 0. The first-order chi connectivity index (χ1) is 8.49. The van der Waals surface area contributed by atoms with Gasteiger partial charge in [0.1, 0.15) is 9.88 Å². The van der Waals surface area contributed by atoms with E-state index in [0.717, 1.165) is 4.88 Å². The molecule has 1 amide bonds. The predicted molar refractivity (Wildman–Crippen MR) is 76.0 cm³/mol. The van der Waals surface area contributed by atoms with Crippen molar-refractivity contribution in [3.8, 4) is 0 Å². The largest absolute Gasteiger partial charge is 0.478 e. The molecule has 0 unspecified atom stereocenters. The summed E-state index contributed by atoms with van der Waals surface area (Å²) in [4.78, 5) is 24.3. The lowest BCUT2D eigenvalue weighted by molar-refractivity contribution is 0.0698. The molecular formula is C11H8BrNO3S2. The quantitative estimate of drug-likeness (QED) is 0.888. The van der Waals surface area contributed by atoms with Gasteiger partial charge in [-0.05, 0) is 40.4 Å². The molecule has 2 aromatic rings. The van der Waals surface area contributed by atoms with Crippen LogP contribution in [0.4, 0.5) is 5.00 Å². The lowest BCUT2D eigenvalue weighted by Gasteiger charge is -2.02. The summed E-state index contributed by atoms with van der Waals surface area (Å²) in [6.45, 7) is 1.80. The molecule has 0 fully saturated rings. The van der Waals surface area contributed by atoms with Crippen LogP contribution in [0, 0.1) is 6.92 Å². The summed E-state index contributed by atoms with van der Waals surface area (Å²) >= 11 is 5.82. The molecular weight excluding hydrogens is 338 g/mol. The van der Waals surface area contributed by atoms with Gasteiger partial charge in [0.15, 0.2) is 0 Å². The number of carboxylic acid groups (broad SMARTS) is 1. The summed E-state index contributed by atoms with van der Waals surface area (Å²) in [5.41, 5.74) is 0.124. The van der Waals surface area contributed by atoms with Crippen LogP contribution in [-0.2, 0) is 0 Å². The number of hydrogen-bond acceptors (Lipinski definition) is 4. The van der Waals surface area contributed by atoms with Crippen LogP contribution in [-0.4, -0.2) is 17.0 Å². The van der Waals surface area contributed by atoms with Crippen LogP contribution < -0.4 is 5.32 Å². The third-order valence-electron chi connectivity index (χ3n) is 2.14. The highest BCUT2D eigenvalue weighted by atomic mass is 79.9. The van der Waals surface area contributed by atoms with Crippen molar-refractivity contribution in [2.75, 3.05) is 5.32 Å². The van der Waals surface area contributed by atoms with E-state index in [1.165, 1.54) is 22.7 Å². The summed E-state index contributed by atoms with van der Waals surface area (Å²) < 4.78 is 0.704. The Hall–Kier alpha value is -1.18. The highest BCUT2D eigenvalue weighted by Crippen LogP contribution is 2.30. The molecule has 7 heteroatoms. The molecule has 0 spiro atoms. The molecule has 0 atom stereocenters.